The zero-order valence-corrected chi connectivity index (χ0v) is 19.7. The van der Waals surface area contributed by atoms with Gasteiger partial charge in [0, 0.05) is 6.54 Å². The number of carbonyl (C=O) groups is 1. The Balaban J connectivity index is 1.72. The maximum atomic E-state index is 13.4. The summed E-state index contributed by atoms with van der Waals surface area (Å²) in [6.07, 6.45) is 1.63. The van der Waals surface area contributed by atoms with Crippen molar-refractivity contribution < 1.29 is 13.2 Å². The van der Waals surface area contributed by atoms with E-state index in [1.807, 2.05) is 26.0 Å². The lowest BCUT2D eigenvalue weighted by molar-refractivity contribution is -0.119. The minimum absolute atomic E-state index is 0.159. The molecule has 5 nitrogen and oxygen atoms in total. The van der Waals surface area contributed by atoms with Gasteiger partial charge in [-0.15, -0.1) is 0 Å². The Bertz CT molecular complexity index is 1160. The Labute approximate surface area is 191 Å². The molecule has 0 unspecified atom stereocenters. The first kappa shape index (κ1) is 23.5. The van der Waals surface area contributed by atoms with Gasteiger partial charge in [-0.05, 0) is 62.9 Å². The number of nitrogens with zero attached hydrogens (tertiary/aromatic N) is 1. The molecular formula is C26H30N2O3S. The van der Waals surface area contributed by atoms with Crippen LogP contribution in [0, 0.1) is 20.8 Å². The number of nitrogens with one attached hydrogen (secondary N) is 1. The Morgan fingerprint density at radius 2 is 1.53 bits per heavy atom. The van der Waals surface area contributed by atoms with Gasteiger partial charge in [0.05, 0.1) is 10.6 Å². The average Bonchev–Trinajstić information content (AvgIpc) is 2.77. The Morgan fingerprint density at radius 1 is 0.875 bits per heavy atom. The third-order valence-electron chi connectivity index (χ3n) is 5.32. The molecule has 0 aromatic heterocycles. The number of carbonyl (C=O) groups excluding carboxylic acids is 1. The van der Waals surface area contributed by atoms with Crippen LogP contribution in [0.1, 0.15) is 28.7 Å². The number of hydrogen-bond donors (Lipinski definition) is 1. The molecule has 0 aliphatic heterocycles. The zero-order chi connectivity index (χ0) is 23.1. The SMILES string of the molecule is Cc1ccc(CCCNC(=O)CN(c2ccc(C)cc2C)S(=O)(=O)c2ccccc2)cc1. The van der Waals surface area contributed by atoms with Crippen molar-refractivity contribution in [2.45, 2.75) is 38.5 Å². The fraction of sp³-hybridized carbons (Fsp3) is 0.269. The summed E-state index contributed by atoms with van der Waals surface area (Å²) >= 11 is 0. The molecular weight excluding hydrogens is 420 g/mol. The van der Waals surface area contributed by atoms with Crippen LogP contribution < -0.4 is 9.62 Å². The summed E-state index contributed by atoms with van der Waals surface area (Å²) in [4.78, 5) is 12.9. The highest BCUT2D eigenvalue weighted by Crippen LogP contribution is 2.27. The zero-order valence-electron chi connectivity index (χ0n) is 18.8. The monoisotopic (exact) mass is 450 g/mol. The molecule has 0 saturated heterocycles. The van der Waals surface area contributed by atoms with Crippen LogP contribution in [0.15, 0.2) is 77.7 Å². The van der Waals surface area contributed by atoms with E-state index in [0.717, 1.165) is 24.0 Å². The van der Waals surface area contributed by atoms with E-state index in [2.05, 4.69) is 36.5 Å². The smallest absolute Gasteiger partial charge is 0.264 e. The third kappa shape index (κ3) is 5.98. The lowest BCUT2D eigenvalue weighted by Gasteiger charge is -2.26. The molecule has 0 saturated carbocycles. The molecule has 0 aliphatic carbocycles. The van der Waals surface area contributed by atoms with Crippen molar-refractivity contribution in [2.75, 3.05) is 17.4 Å². The molecule has 3 aromatic carbocycles. The number of anilines is 1. The average molecular weight is 451 g/mol. The van der Waals surface area contributed by atoms with Gasteiger partial charge in [0.2, 0.25) is 5.91 Å². The highest BCUT2D eigenvalue weighted by molar-refractivity contribution is 7.92. The van der Waals surface area contributed by atoms with Crippen molar-refractivity contribution in [1.29, 1.82) is 0 Å². The molecule has 6 heteroatoms. The van der Waals surface area contributed by atoms with Crippen molar-refractivity contribution in [3.8, 4) is 0 Å². The van der Waals surface area contributed by atoms with Gasteiger partial charge >= 0.3 is 0 Å². The van der Waals surface area contributed by atoms with E-state index in [9.17, 15) is 13.2 Å². The van der Waals surface area contributed by atoms with Crippen LogP contribution in [0.4, 0.5) is 5.69 Å². The summed E-state index contributed by atoms with van der Waals surface area (Å²) in [6.45, 7) is 6.07. The van der Waals surface area contributed by atoms with E-state index in [1.165, 1.54) is 15.4 Å². The second-order valence-corrected chi connectivity index (χ2v) is 9.92. The standard InChI is InChI=1S/C26H30N2O3S/c1-20-11-14-23(15-12-20)8-7-17-27-26(29)19-28(25-16-13-21(2)18-22(25)3)32(30,31)24-9-5-4-6-10-24/h4-6,9-16,18H,7-8,17,19H2,1-3H3,(H,27,29). The van der Waals surface area contributed by atoms with E-state index < -0.39 is 10.0 Å². The second-order valence-electron chi connectivity index (χ2n) is 8.05. The summed E-state index contributed by atoms with van der Waals surface area (Å²) in [6, 6.07) is 22.1. The maximum absolute atomic E-state index is 13.4. The van der Waals surface area contributed by atoms with E-state index in [4.69, 9.17) is 0 Å². The fourth-order valence-corrected chi connectivity index (χ4v) is 5.07. The van der Waals surface area contributed by atoms with Crippen molar-refractivity contribution in [2.24, 2.45) is 0 Å². The number of amides is 1. The number of sulfonamides is 1. The van der Waals surface area contributed by atoms with Crippen LogP contribution in [0.5, 0.6) is 0 Å². The molecule has 0 heterocycles. The van der Waals surface area contributed by atoms with Gasteiger partial charge in [0.1, 0.15) is 6.54 Å². The first-order chi connectivity index (χ1) is 15.3. The van der Waals surface area contributed by atoms with Crippen LogP contribution in [0.3, 0.4) is 0 Å². The highest BCUT2D eigenvalue weighted by atomic mass is 32.2. The molecule has 1 N–H and O–H groups in total. The van der Waals surface area contributed by atoms with Gasteiger partial charge in [-0.1, -0.05) is 65.7 Å². The molecule has 0 atom stereocenters. The van der Waals surface area contributed by atoms with Crippen molar-refractivity contribution in [3.63, 3.8) is 0 Å². The minimum atomic E-state index is -3.89. The van der Waals surface area contributed by atoms with Crippen LogP contribution in [0.2, 0.25) is 0 Å². The molecule has 32 heavy (non-hydrogen) atoms. The quantitative estimate of drug-likeness (QED) is 0.486. The van der Waals surface area contributed by atoms with Gasteiger partial charge in [0.15, 0.2) is 0 Å². The van der Waals surface area contributed by atoms with Gasteiger partial charge in [-0.25, -0.2) is 8.42 Å². The van der Waals surface area contributed by atoms with E-state index in [0.29, 0.717) is 12.2 Å². The molecule has 0 spiro atoms. The van der Waals surface area contributed by atoms with Gasteiger partial charge in [-0.2, -0.15) is 0 Å². The third-order valence-corrected chi connectivity index (χ3v) is 7.10. The number of hydrogen-bond acceptors (Lipinski definition) is 3. The van der Waals surface area contributed by atoms with E-state index in [1.54, 1.807) is 36.4 Å². The minimum Gasteiger partial charge on any atom is -0.355 e. The van der Waals surface area contributed by atoms with Crippen LogP contribution in [-0.4, -0.2) is 27.4 Å². The molecule has 0 radical (unpaired) electrons. The fourth-order valence-electron chi connectivity index (χ4n) is 3.57. The lowest BCUT2D eigenvalue weighted by atomic mass is 10.1. The predicted molar refractivity (Wildman–Crippen MR) is 129 cm³/mol. The van der Waals surface area contributed by atoms with Crippen molar-refractivity contribution >= 4 is 21.6 Å². The summed E-state index contributed by atoms with van der Waals surface area (Å²) in [5, 5.41) is 2.87. The Morgan fingerprint density at radius 3 is 2.19 bits per heavy atom. The van der Waals surface area contributed by atoms with E-state index >= 15 is 0 Å². The van der Waals surface area contributed by atoms with Gasteiger partial charge in [-0.3, -0.25) is 9.10 Å². The largest absolute Gasteiger partial charge is 0.355 e. The topological polar surface area (TPSA) is 66.5 Å². The molecule has 168 valence electrons. The highest BCUT2D eigenvalue weighted by Gasteiger charge is 2.28. The number of aryl methyl sites for hydroxylation is 4. The molecule has 0 bridgehead atoms. The Hall–Kier alpha value is -3.12. The van der Waals surface area contributed by atoms with Crippen LogP contribution in [0.25, 0.3) is 0 Å². The number of rotatable bonds is 9. The molecule has 1 amide bonds. The predicted octanol–water partition coefficient (Wildman–Crippen LogP) is 4.56. The molecule has 0 fully saturated rings. The molecule has 3 rings (SSSR count). The summed E-state index contributed by atoms with van der Waals surface area (Å²) in [5.74, 6) is -0.326. The van der Waals surface area contributed by atoms with Crippen molar-refractivity contribution in [3.05, 3.63) is 95.1 Å². The first-order valence-electron chi connectivity index (χ1n) is 10.7. The number of benzene rings is 3. The van der Waals surface area contributed by atoms with E-state index in [-0.39, 0.29) is 17.3 Å². The summed E-state index contributed by atoms with van der Waals surface area (Å²) in [5.41, 5.74) is 4.77. The van der Waals surface area contributed by atoms with Crippen LogP contribution in [-0.2, 0) is 21.2 Å². The summed E-state index contributed by atoms with van der Waals surface area (Å²) in [7, 11) is -3.89. The maximum Gasteiger partial charge on any atom is 0.264 e. The van der Waals surface area contributed by atoms with Crippen molar-refractivity contribution in [1.82, 2.24) is 5.32 Å². The normalized spacial score (nSPS) is 11.2. The lowest BCUT2D eigenvalue weighted by Crippen LogP contribution is -2.41. The van der Waals surface area contributed by atoms with Gasteiger partial charge in [0.25, 0.3) is 10.0 Å². The van der Waals surface area contributed by atoms with Crippen LogP contribution >= 0.6 is 0 Å². The Kier molecular flexibility index (Phi) is 7.70. The van der Waals surface area contributed by atoms with Gasteiger partial charge < -0.3 is 5.32 Å². The first-order valence-corrected chi connectivity index (χ1v) is 12.2. The molecule has 3 aromatic rings. The second kappa shape index (κ2) is 10.5. The summed E-state index contributed by atoms with van der Waals surface area (Å²) < 4.78 is 28.0. The molecule has 0 aliphatic rings.